The van der Waals surface area contributed by atoms with Gasteiger partial charge in [-0.25, -0.2) is 12.7 Å². The maximum atomic E-state index is 12.8. The third-order valence-electron chi connectivity index (χ3n) is 4.28. The van der Waals surface area contributed by atoms with E-state index < -0.39 is 10.0 Å². The van der Waals surface area contributed by atoms with E-state index in [-0.39, 0.29) is 0 Å². The summed E-state index contributed by atoms with van der Waals surface area (Å²) < 4.78 is 32.1. The average Bonchev–Trinajstić information content (AvgIpc) is 3.14. The number of hydrogen-bond acceptors (Lipinski definition) is 5. The number of sulfonamides is 1. The van der Waals surface area contributed by atoms with Gasteiger partial charge in [-0.3, -0.25) is 4.99 Å². The first-order valence-electron chi connectivity index (χ1n) is 8.37. The number of piperidine rings is 1. The molecule has 0 N–H and O–H groups in total. The van der Waals surface area contributed by atoms with Crippen molar-refractivity contribution in [2.45, 2.75) is 24.2 Å². The van der Waals surface area contributed by atoms with Crippen molar-refractivity contribution in [3.63, 3.8) is 0 Å². The Bertz CT molecular complexity index is 836. The first-order chi connectivity index (χ1) is 12.0. The number of nitrogens with zero attached hydrogens (tertiary/aromatic N) is 3. The molecule has 1 aliphatic heterocycles. The zero-order valence-corrected chi connectivity index (χ0v) is 15.4. The lowest BCUT2D eigenvalue weighted by atomic mass is 10.1. The van der Waals surface area contributed by atoms with Gasteiger partial charge < -0.3 is 9.32 Å². The summed E-state index contributed by atoms with van der Waals surface area (Å²) in [6.45, 7) is 1.76. The van der Waals surface area contributed by atoms with E-state index in [2.05, 4.69) is 9.89 Å². The standard InChI is InChI=1S/C18H23N3O3S/c1-20(2)25(22,23)18-13-15(19-14-16-7-6-12-24-16)8-9-17(18)21-10-4-3-5-11-21/h6-9,12-14H,3-5,10-11H2,1-2H3. The van der Waals surface area contributed by atoms with E-state index in [1.807, 2.05) is 12.1 Å². The summed E-state index contributed by atoms with van der Waals surface area (Å²) in [6.07, 6.45) is 6.52. The molecule has 1 aliphatic rings. The van der Waals surface area contributed by atoms with Crippen LogP contribution in [-0.2, 0) is 10.0 Å². The van der Waals surface area contributed by atoms with Gasteiger partial charge in [0.2, 0.25) is 10.0 Å². The molecule has 0 aliphatic carbocycles. The predicted octanol–water partition coefficient (Wildman–Crippen LogP) is 3.27. The van der Waals surface area contributed by atoms with Gasteiger partial charge >= 0.3 is 0 Å². The fraction of sp³-hybridized carbons (Fsp3) is 0.389. The summed E-state index contributed by atoms with van der Waals surface area (Å²) in [5.41, 5.74) is 1.34. The highest BCUT2D eigenvalue weighted by Crippen LogP contribution is 2.32. The van der Waals surface area contributed by atoms with Gasteiger partial charge in [-0.05, 0) is 49.6 Å². The highest BCUT2D eigenvalue weighted by Gasteiger charge is 2.25. The summed E-state index contributed by atoms with van der Waals surface area (Å²) in [6, 6.07) is 8.92. The number of furan rings is 1. The van der Waals surface area contributed by atoms with Crippen molar-refractivity contribution in [2.75, 3.05) is 32.1 Å². The van der Waals surface area contributed by atoms with Crippen molar-refractivity contribution in [1.29, 1.82) is 0 Å². The van der Waals surface area contributed by atoms with Crippen LogP contribution in [0.1, 0.15) is 25.0 Å². The first-order valence-corrected chi connectivity index (χ1v) is 9.81. The number of benzene rings is 1. The summed E-state index contributed by atoms with van der Waals surface area (Å²) >= 11 is 0. The molecule has 0 bridgehead atoms. The van der Waals surface area contributed by atoms with Gasteiger partial charge in [0.1, 0.15) is 10.7 Å². The molecule has 0 spiro atoms. The minimum Gasteiger partial charge on any atom is -0.463 e. The van der Waals surface area contributed by atoms with Crippen molar-refractivity contribution in [3.05, 3.63) is 42.4 Å². The van der Waals surface area contributed by atoms with Crippen LogP contribution in [0.4, 0.5) is 11.4 Å². The number of aliphatic imine (C=N–C) groups is 1. The molecule has 0 unspecified atom stereocenters. The number of anilines is 1. The molecule has 1 fully saturated rings. The van der Waals surface area contributed by atoms with Crippen LogP contribution in [0.15, 0.2) is 50.9 Å². The number of rotatable bonds is 5. The van der Waals surface area contributed by atoms with Crippen molar-refractivity contribution in [2.24, 2.45) is 4.99 Å². The summed E-state index contributed by atoms with van der Waals surface area (Å²) in [4.78, 5) is 6.80. The second-order valence-corrected chi connectivity index (χ2v) is 8.38. The topological polar surface area (TPSA) is 66.1 Å². The van der Waals surface area contributed by atoms with Crippen molar-refractivity contribution < 1.29 is 12.8 Å². The molecule has 6 nitrogen and oxygen atoms in total. The van der Waals surface area contributed by atoms with Crippen LogP contribution in [0, 0.1) is 0 Å². The largest absolute Gasteiger partial charge is 0.463 e. The Balaban J connectivity index is 2.01. The molecule has 0 radical (unpaired) electrons. The van der Waals surface area contributed by atoms with E-state index >= 15 is 0 Å². The molecule has 7 heteroatoms. The first kappa shape index (κ1) is 17.7. The van der Waals surface area contributed by atoms with Crippen LogP contribution < -0.4 is 4.90 Å². The van der Waals surface area contributed by atoms with Crippen molar-refractivity contribution >= 4 is 27.6 Å². The Morgan fingerprint density at radius 3 is 2.56 bits per heavy atom. The number of hydrogen-bond donors (Lipinski definition) is 0. The van der Waals surface area contributed by atoms with Crippen molar-refractivity contribution in [3.8, 4) is 0 Å². The fourth-order valence-corrected chi connectivity index (χ4v) is 4.01. The maximum Gasteiger partial charge on any atom is 0.244 e. The zero-order valence-electron chi connectivity index (χ0n) is 14.6. The highest BCUT2D eigenvalue weighted by molar-refractivity contribution is 7.89. The molecular formula is C18H23N3O3S. The summed E-state index contributed by atoms with van der Waals surface area (Å²) in [5.74, 6) is 0.622. The van der Waals surface area contributed by atoms with Crippen LogP contribution in [0.25, 0.3) is 0 Å². The molecule has 2 heterocycles. The SMILES string of the molecule is CN(C)S(=O)(=O)c1cc(N=Cc2ccco2)ccc1N1CCCCC1. The molecule has 0 amide bonds. The molecule has 134 valence electrons. The summed E-state index contributed by atoms with van der Waals surface area (Å²) in [7, 11) is -0.458. The molecular weight excluding hydrogens is 338 g/mol. The zero-order chi connectivity index (χ0) is 17.9. The van der Waals surface area contributed by atoms with Crippen LogP contribution >= 0.6 is 0 Å². The second-order valence-electron chi connectivity index (χ2n) is 6.26. The Kier molecular flexibility index (Phi) is 5.24. The molecule has 0 saturated carbocycles. The van der Waals surface area contributed by atoms with Crippen molar-refractivity contribution in [1.82, 2.24) is 4.31 Å². The van der Waals surface area contributed by atoms with Gasteiger partial charge in [-0.15, -0.1) is 0 Å². The summed E-state index contributed by atoms with van der Waals surface area (Å²) in [5, 5.41) is 0. The monoisotopic (exact) mass is 361 g/mol. The Hall–Kier alpha value is -2.12. The molecule has 0 atom stereocenters. The van der Waals surface area contributed by atoms with Gasteiger partial charge in [-0.1, -0.05) is 0 Å². The quantitative estimate of drug-likeness (QED) is 0.767. The Morgan fingerprint density at radius 1 is 1.16 bits per heavy atom. The Labute approximate surface area is 148 Å². The van der Waals surface area contributed by atoms with Gasteiger partial charge in [-0.2, -0.15) is 0 Å². The van der Waals surface area contributed by atoms with E-state index in [0.29, 0.717) is 16.3 Å². The predicted molar refractivity (Wildman–Crippen MR) is 99.3 cm³/mol. The average molecular weight is 361 g/mol. The lowest BCUT2D eigenvalue weighted by molar-refractivity contribution is 0.519. The van der Waals surface area contributed by atoms with Crippen LogP contribution in [0.3, 0.4) is 0 Å². The second kappa shape index (κ2) is 7.41. The highest BCUT2D eigenvalue weighted by atomic mass is 32.2. The van der Waals surface area contributed by atoms with Crippen LogP contribution in [0.5, 0.6) is 0 Å². The van der Waals surface area contributed by atoms with Gasteiger partial charge in [0, 0.05) is 27.2 Å². The minimum absolute atomic E-state index is 0.300. The van der Waals surface area contributed by atoms with Gasteiger partial charge in [0.05, 0.1) is 23.9 Å². The third kappa shape index (κ3) is 3.93. The molecule has 3 rings (SSSR count). The Morgan fingerprint density at radius 2 is 1.92 bits per heavy atom. The van der Waals surface area contributed by atoms with Gasteiger partial charge in [0.25, 0.3) is 0 Å². The molecule has 1 saturated heterocycles. The normalized spacial score (nSPS) is 16.0. The van der Waals surface area contributed by atoms with E-state index in [1.54, 1.807) is 44.8 Å². The third-order valence-corrected chi connectivity index (χ3v) is 6.13. The fourth-order valence-electron chi connectivity index (χ4n) is 2.89. The lowest BCUT2D eigenvalue weighted by Gasteiger charge is -2.31. The maximum absolute atomic E-state index is 12.8. The lowest BCUT2D eigenvalue weighted by Crippen LogP contribution is -2.32. The van der Waals surface area contributed by atoms with Crippen LogP contribution in [-0.4, -0.2) is 46.1 Å². The van der Waals surface area contributed by atoms with Crippen LogP contribution in [0.2, 0.25) is 0 Å². The smallest absolute Gasteiger partial charge is 0.244 e. The molecule has 25 heavy (non-hydrogen) atoms. The van der Waals surface area contributed by atoms with E-state index in [1.165, 1.54) is 10.7 Å². The molecule has 2 aromatic rings. The molecule has 1 aromatic carbocycles. The minimum atomic E-state index is -3.56. The van der Waals surface area contributed by atoms with E-state index in [4.69, 9.17) is 4.42 Å². The van der Waals surface area contributed by atoms with E-state index in [9.17, 15) is 8.42 Å². The van der Waals surface area contributed by atoms with E-state index in [0.717, 1.165) is 31.6 Å². The van der Waals surface area contributed by atoms with Gasteiger partial charge in [0.15, 0.2) is 0 Å². The molecule has 1 aromatic heterocycles.